The van der Waals surface area contributed by atoms with Crippen LogP contribution < -0.4 is 5.32 Å². The van der Waals surface area contributed by atoms with Gasteiger partial charge in [-0.1, -0.05) is 20.3 Å². The molecule has 1 fully saturated rings. The van der Waals surface area contributed by atoms with Gasteiger partial charge in [0, 0.05) is 19.2 Å². The van der Waals surface area contributed by atoms with Crippen molar-refractivity contribution >= 4 is 5.91 Å². The minimum absolute atomic E-state index is 0.0496. The summed E-state index contributed by atoms with van der Waals surface area (Å²) in [5.74, 6) is 0.939. The van der Waals surface area contributed by atoms with E-state index in [1.54, 1.807) is 6.26 Å². The molecule has 0 aliphatic carbocycles. The van der Waals surface area contributed by atoms with E-state index < -0.39 is 0 Å². The molecule has 1 aliphatic rings. The van der Waals surface area contributed by atoms with Gasteiger partial charge in [0.05, 0.1) is 18.8 Å². The van der Waals surface area contributed by atoms with Gasteiger partial charge in [-0.3, -0.25) is 14.6 Å². The highest BCUT2D eigenvalue weighted by molar-refractivity contribution is 5.78. The van der Waals surface area contributed by atoms with Gasteiger partial charge >= 0.3 is 0 Å². The van der Waals surface area contributed by atoms with Crippen LogP contribution in [0.3, 0.4) is 0 Å². The van der Waals surface area contributed by atoms with E-state index in [9.17, 15) is 9.90 Å². The SMILES string of the molecule is CCN(CC)C(CNC(=O)CN1CCCCC1CCO)c1ccco1. The number of aliphatic hydroxyl groups is 1. The first-order valence-corrected chi connectivity index (χ1v) is 9.58. The Morgan fingerprint density at radius 3 is 2.88 bits per heavy atom. The predicted molar refractivity (Wildman–Crippen MR) is 98.3 cm³/mol. The Morgan fingerprint density at radius 2 is 2.24 bits per heavy atom. The monoisotopic (exact) mass is 351 g/mol. The van der Waals surface area contributed by atoms with Crippen molar-refractivity contribution in [3.05, 3.63) is 24.2 Å². The molecule has 0 bridgehead atoms. The average Bonchev–Trinajstić information content (AvgIpc) is 3.15. The van der Waals surface area contributed by atoms with Gasteiger partial charge < -0.3 is 14.8 Å². The number of hydrogen-bond donors (Lipinski definition) is 2. The third-order valence-electron chi connectivity index (χ3n) is 5.18. The zero-order chi connectivity index (χ0) is 18.1. The third kappa shape index (κ3) is 5.83. The number of aliphatic hydroxyl groups excluding tert-OH is 1. The maximum atomic E-state index is 12.5. The summed E-state index contributed by atoms with van der Waals surface area (Å²) in [5.41, 5.74) is 0. The van der Waals surface area contributed by atoms with E-state index in [4.69, 9.17) is 4.42 Å². The summed E-state index contributed by atoms with van der Waals surface area (Å²) >= 11 is 0. The van der Waals surface area contributed by atoms with Gasteiger partial charge in [0.1, 0.15) is 5.76 Å². The molecule has 0 spiro atoms. The molecular formula is C19H33N3O3. The Hall–Kier alpha value is -1.37. The molecular weight excluding hydrogens is 318 g/mol. The van der Waals surface area contributed by atoms with Crippen LogP contribution in [0.2, 0.25) is 0 Å². The first kappa shape index (κ1) is 19.9. The largest absolute Gasteiger partial charge is 0.468 e. The fourth-order valence-corrected chi connectivity index (χ4v) is 3.75. The second kappa shape index (κ2) is 10.6. The number of amides is 1. The molecule has 2 rings (SSSR count). The van der Waals surface area contributed by atoms with Crippen LogP contribution in [0.25, 0.3) is 0 Å². The Balaban J connectivity index is 1.89. The number of carbonyl (C=O) groups excluding carboxylic acids is 1. The van der Waals surface area contributed by atoms with Crippen LogP contribution in [-0.4, -0.2) is 66.2 Å². The number of likely N-dealkylation sites (tertiary alicyclic amines) is 1. The summed E-state index contributed by atoms with van der Waals surface area (Å²) in [6.45, 7) is 8.13. The van der Waals surface area contributed by atoms with Crippen molar-refractivity contribution < 1.29 is 14.3 Å². The summed E-state index contributed by atoms with van der Waals surface area (Å²) in [5, 5.41) is 12.3. The molecule has 2 heterocycles. The topological polar surface area (TPSA) is 69.0 Å². The molecule has 2 atom stereocenters. The van der Waals surface area contributed by atoms with Gasteiger partial charge in [-0.05, 0) is 51.0 Å². The van der Waals surface area contributed by atoms with Crippen LogP contribution in [0.5, 0.6) is 0 Å². The summed E-state index contributed by atoms with van der Waals surface area (Å²) in [4.78, 5) is 17.0. The number of hydrogen-bond acceptors (Lipinski definition) is 5. The van der Waals surface area contributed by atoms with Crippen LogP contribution in [-0.2, 0) is 4.79 Å². The van der Waals surface area contributed by atoms with Crippen LogP contribution >= 0.6 is 0 Å². The second-order valence-corrected chi connectivity index (χ2v) is 6.69. The molecule has 142 valence electrons. The van der Waals surface area contributed by atoms with Crippen molar-refractivity contribution in [3.8, 4) is 0 Å². The number of piperidine rings is 1. The van der Waals surface area contributed by atoms with E-state index in [1.165, 1.54) is 6.42 Å². The average molecular weight is 351 g/mol. The molecule has 1 saturated heterocycles. The Bertz CT molecular complexity index is 486. The van der Waals surface area contributed by atoms with Gasteiger partial charge in [-0.15, -0.1) is 0 Å². The molecule has 0 radical (unpaired) electrons. The van der Waals surface area contributed by atoms with E-state index in [1.807, 2.05) is 12.1 Å². The highest BCUT2D eigenvalue weighted by Gasteiger charge is 2.25. The van der Waals surface area contributed by atoms with E-state index >= 15 is 0 Å². The van der Waals surface area contributed by atoms with Crippen LogP contribution in [0, 0.1) is 0 Å². The third-order valence-corrected chi connectivity index (χ3v) is 5.18. The van der Waals surface area contributed by atoms with Crippen LogP contribution in [0.1, 0.15) is 51.3 Å². The number of carbonyl (C=O) groups is 1. The number of furan rings is 1. The molecule has 0 saturated carbocycles. The lowest BCUT2D eigenvalue weighted by Gasteiger charge is -2.35. The Kier molecular flexibility index (Phi) is 8.44. The lowest BCUT2D eigenvalue weighted by Crippen LogP contribution is -2.47. The fourth-order valence-electron chi connectivity index (χ4n) is 3.75. The zero-order valence-electron chi connectivity index (χ0n) is 15.6. The highest BCUT2D eigenvalue weighted by Crippen LogP contribution is 2.21. The van der Waals surface area contributed by atoms with Crippen molar-refractivity contribution in [1.82, 2.24) is 15.1 Å². The first-order chi connectivity index (χ1) is 12.2. The minimum atomic E-state index is 0.0496. The number of likely N-dealkylation sites (N-methyl/N-ethyl adjacent to an activating group) is 1. The standard InChI is InChI=1S/C19H33N3O3/c1-3-21(4-2)17(18-9-7-13-25-18)14-20-19(24)15-22-11-6-5-8-16(22)10-12-23/h7,9,13,16-17,23H,3-6,8,10-12,14-15H2,1-2H3,(H,20,24). The van der Waals surface area contributed by atoms with Crippen LogP contribution in [0.15, 0.2) is 22.8 Å². The Labute approximate surface area is 151 Å². The summed E-state index contributed by atoms with van der Waals surface area (Å²) in [6.07, 6.45) is 5.82. The van der Waals surface area contributed by atoms with Crippen LogP contribution in [0.4, 0.5) is 0 Å². The van der Waals surface area contributed by atoms with E-state index in [0.717, 1.165) is 44.7 Å². The van der Waals surface area contributed by atoms with Crippen molar-refractivity contribution in [1.29, 1.82) is 0 Å². The zero-order valence-corrected chi connectivity index (χ0v) is 15.6. The number of nitrogens with zero attached hydrogens (tertiary/aromatic N) is 2. The normalized spacial score (nSPS) is 19.9. The summed E-state index contributed by atoms with van der Waals surface area (Å²) < 4.78 is 5.58. The lowest BCUT2D eigenvalue weighted by atomic mass is 9.99. The van der Waals surface area contributed by atoms with E-state index in [0.29, 0.717) is 19.1 Å². The molecule has 6 nitrogen and oxygen atoms in total. The molecule has 1 aromatic heterocycles. The van der Waals surface area contributed by atoms with Gasteiger partial charge in [-0.25, -0.2) is 0 Å². The maximum absolute atomic E-state index is 12.5. The predicted octanol–water partition coefficient (Wildman–Crippen LogP) is 2.02. The molecule has 1 aromatic rings. The Morgan fingerprint density at radius 1 is 1.44 bits per heavy atom. The highest BCUT2D eigenvalue weighted by atomic mass is 16.3. The van der Waals surface area contributed by atoms with Gasteiger partial charge in [-0.2, -0.15) is 0 Å². The quantitative estimate of drug-likeness (QED) is 0.675. The summed E-state index contributed by atoms with van der Waals surface area (Å²) in [7, 11) is 0. The van der Waals surface area contributed by atoms with E-state index in [-0.39, 0.29) is 18.6 Å². The smallest absolute Gasteiger partial charge is 0.234 e. The second-order valence-electron chi connectivity index (χ2n) is 6.69. The molecule has 25 heavy (non-hydrogen) atoms. The minimum Gasteiger partial charge on any atom is -0.468 e. The maximum Gasteiger partial charge on any atom is 0.234 e. The van der Waals surface area contributed by atoms with Crippen molar-refractivity contribution in [3.63, 3.8) is 0 Å². The summed E-state index contributed by atoms with van der Waals surface area (Å²) in [6, 6.07) is 4.24. The van der Waals surface area contributed by atoms with Crippen molar-refractivity contribution in [2.24, 2.45) is 0 Å². The number of nitrogens with one attached hydrogen (secondary N) is 1. The molecule has 0 aromatic carbocycles. The van der Waals surface area contributed by atoms with Crippen molar-refractivity contribution in [2.45, 2.75) is 51.6 Å². The lowest BCUT2D eigenvalue weighted by molar-refractivity contribution is -0.123. The molecule has 2 N–H and O–H groups in total. The van der Waals surface area contributed by atoms with Gasteiger partial charge in [0.2, 0.25) is 5.91 Å². The van der Waals surface area contributed by atoms with Crippen molar-refractivity contribution in [2.75, 3.05) is 39.3 Å². The van der Waals surface area contributed by atoms with Gasteiger partial charge in [0.25, 0.3) is 0 Å². The molecule has 1 aliphatic heterocycles. The van der Waals surface area contributed by atoms with Gasteiger partial charge in [0.15, 0.2) is 0 Å². The molecule has 6 heteroatoms. The first-order valence-electron chi connectivity index (χ1n) is 9.58. The van der Waals surface area contributed by atoms with E-state index in [2.05, 4.69) is 29.0 Å². The number of rotatable bonds is 10. The molecule has 2 unspecified atom stereocenters. The molecule has 1 amide bonds. The fraction of sp³-hybridized carbons (Fsp3) is 0.737.